The van der Waals surface area contributed by atoms with Crippen LogP contribution in [0.3, 0.4) is 0 Å². The van der Waals surface area contributed by atoms with Crippen molar-refractivity contribution < 1.29 is 9.13 Å². The molecule has 0 spiro atoms. The van der Waals surface area contributed by atoms with Crippen molar-refractivity contribution in [3.63, 3.8) is 0 Å². The van der Waals surface area contributed by atoms with E-state index >= 15 is 0 Å². The first-order valence-electron chi connectivity index (χ1n) is 5.90. The lowest BCUT2D eigenvalue weighted by molar-refractivity contribution is 0.185. The van der Waals surface area contributed by atoms with Gasteiger partial charge in [0, 0.05) is 12.8 Å². The monoisotopic (exact) mass is 295 g/mol. The predicted molar refractivity (Wildman–Crippen MR) is 80.7 cm³/mol. The number of ether oxygens (including phenoxy) is 1. The molecule has 2 rings (SSSR count). The van der Waals surface area contributed by atoms with Gasteiger partial charge in [-0.2, -0.15) is 0 Å². The van der Waals surface area contributed by atoms with Gasteiger partial charge >= 0.3 is 0 Å². The van der Waals surface area contributed by atoms with Crippen LogP contribution in [-0.4, -0.2) is 7.11 Å². The minimum Gasteiger partial charge on any atom is -0.397 e. The highest BCUT2D eigenvalue weighted by Gasteiger charge is 2.14. The van der Waals surface area contributed by atoms with E-state index in [1.165, 1.54) is 6.07 Å². The van der Waals surface area contributed by atoms with E-state index in [0.717, 1.165) is 5.56 Å². The Hall–Kier alpha value is -1.98. The van der Waals surface area contributed by atoms with Crippen molar-refractivity contribution in [1.29, 1.82) is 0 Å². The zero-order chi connectivity index (χ0) is 14.7. The molecule has 0 fully saturated rings. The molecule has 0 aliphatic rings. The molecule has 0 amide bonds. The molecule has 106 valence electrons. The van der Waals surface area contributed by atoms with E-state index in [1.54, 1.807) is 13.2 Å². The highest BCUT2D eigenvalue weighted by atomic mass is 35.5. The van der Waals surface area contributed by atoms with E-state index < -0.39 is 5.82 Å². The van der Waals surface area contributed by atoms with Gasteiger partial charge in [-0.25, -0.2) is 4.39 Å². The van der Waals surface area contributed by atoms with E-state index in [9.17, 15) is 4.39 Å². The number of rotatable bonds is 4. The van der Waals surface area contributed by atoms with E-state index in [4.69, 9.17) is 27.8 Å². The van der Waals surface area contributed by atoms with Crippen LogP contribution in [0.4, 0.5) is 27.1 Å². The lowest BCUT2D eigenvalue weighted by atomic mass is 10.2. The summed E-state index contributed by atoms with van der Waals surface area (Å²) >= 11 is 5.79. The summed E-state index contributed by atoms with van der Waals surface area (Å²) in [6.45, 7) is 0.468. The van der Waals surface area contributed by atoms with Crippen LogP contribution in [0.2, 0.25) is 5.02 Å². The zero-order valence-electron chi connectivity index (χ0n) is 10.9. The molecular weight excluding hydrogens is 281 g/mol. The molecule has 0 aliphatic heterocycles. The molecule has 0 heterocycles. The van der Waals surface area contributed by atoms with Gasteiger partial charge in [0.15, 0.2) is 5.82 Å². The second-order valence-corrected chi connectivity index (χ2v) is 4.69. The Morgan fingerprint density at radius 2 is 2.00 bits per heavy atom. The van der Waals surface area contributed by atoms with Crippen molar-refractivity contribution in [3.8, 4) is 0 Å². The first kappa shape index (κ1) is 14.4. The van der Waals surface area contributed by atoms with Gasteiger partial charge < -0.3 is 21.5 Å². The van der Waals surface area contributed by atoms with Crippen LogP contribution in [0.1, 0.15) is 5.56 Å². The van der Waals surface area contributed by atoms with E-state index in [1.807, 2.05) is 18.2 Å². The summed E-state index contributed by atoms with van der Waals surface area (Å²) in [6, 6.07) is 8.80. The number of methoxy groups -OCH3 is 1. The summed E-state index contributed by atoms with van der Waals surface area (Å²) < 4.78 is 19.1. The van der Waals surface area contributed by atoms with Crippen LogP contribution in [0, 0.1) is 5.82 Å². The number of benzene rings is 2. The Bertz CT molecular complexity index is 634. The quantitative estimate of drug-likeness (QED) is 0.754. The first-order valence-corrected chi connectivity index (χ1v) is 6.28. The van der Waals surface area contributed by atoms with Crippen LogP contribution >= 0.6 is 11.6 Å². The van der Waals surface area contributed by atoms with Crippen LogP contribution < -0.4 is 16.8 Å². The lowest BCUT2D eigenvalue weighted by Crippen LogP contribution is -2.03. The van der Waals surface area contributed by atoms with Gasteiger partial charge in [-0.3, -0.25) is 0 Å². The number of nitrogen functional groups attached to an aromatic ring is 2. The maximum atomic E-state index is 14.1. The smallest absolute Gasteiger partial charge is 0.169 e. The van der Waals surface area contributed by atoms with Crippen LogP contribution in [-0.2, 0) is 11.3 Å². The third kappa shape index (κ3) is 2.95. The van der Waals surface area contributed by atoms with Gasteiger partial charge in [0.2, 0.25) is 0 Å². The molecule has 0 radical (unpaired) electrons. The van der Waals surface area contributed by atoms with E-state index in [2.05, 4.69) is 5.32 Å². The second-order valence-electron chi connectivity index (χ2n) is 4.32. The number of anilines is 4. The normalized spacial score (nSPS) is 10.6. The topological polar surface area (TPSA) is 73.3 Å². The predicted octanol–water partition coefficient (Wildman–Crippen LogP) is 3.53. The number of hydrogen-bond acceptors (Lipinski definition) is 4. The molecule has 2 aromatic rings. The maximum absolute atomic E-state index is 14.1. The first-order chi connectivity index (χ1) is 9.52. The molecule has 0 atom stereocenters. The van der Waals surface area contributed by atoms with Gasteiger partial charge in [-0.15, -0.1) is 0 Å². The van der Waals surface area contributed by atoms with Crippen LogP contribution in [0.25, 0.3) is 0 Å². The molecule has 4 nitrogen and oxygen atoms in total. The number of nitrogens with one attached hydrogen (secondary N) is 1. The van der Waals surface area contributed by atoms with Crippen LogP contribution in [0.5, 0.6) is 0 Å². The fraction of sp³-hybridized carbons (Fsp3) is 0.143. The zero-order valence-corrected chi connectivity index (χ0v) is 11.7. The standard InChI is InChI=1S/C14H15ClFN3O/c1-20-7-8-3-2-4-9(5-8)19-14-11(18)6-10(17)12(15)13(14)16/h2-6,19H,7,17-18H2,1H3. The molecule has 20 heavy (non-hydrogen) atoms. The summed E-state index contributed by atoms with van der Waals surface area (Å²) in [7, 11) is 1.61. The van der Waals surface area contributed by atoms with E-state index in [-0.39, 0.29) is 22.1 Å². The third-order valence-corrected chi connectivity index (χ3v) is 3.16. The van der Waals surface area contributed by atoms with Crippen molar-refractivity contribution in [2.24, 2.45) is 0 Å². The summed E-state index contributed by atoms with van der Waals surface area (Å²) in [5.41, 5.74) is 13.4. The highest BCUT2D eigenvalue weighted by molar-refractivity contribution is 6.33. The minimum absolute atomic E-state index is 0.110. The van der Waals surface area contributed by atoms with Crippen molar-refractivity contribution >= 4 is 34.4 Å². The third-order valence-electron chi connectivity index (χ3n) is 2.77. The lowest BCUT2D eigenvalue weighted by Gasteiger charge is -2.13. The summed E-state index contributed by atoms with van der Waals surface area (Å²) in [5.74, 6) is -0.665. The number of hydrogen-bond donors (Lipinski definition) is 3. The Kier molecular flexibility index (Phi) is 4.32. The molecule has 0 saturated heterocycles. The van der Waals surface area contributed by atoms with Gasteiger partial charge in [0.05, 0.1) is 23.7 Å². The molecule has 0 unspecified atom stereocenters. The molecule has 5 N–H and O–H groups in total. The van der Waals surface area contributed by atoms with Gasteiger partial charge in [0.1, 0.15) is 5.02 Å². The average molecular weight is 296 g/mol. The summed E-state index contributed by atoms with van der Waals surface area (Å²) in [6.07, 6.45) is 0. The van der Waals surface area contributed by atoms with Gasteiger partial charge in [-0.1, -0.05) is 23.7 Å². The fourth-order valence-electron chi connectivity index (χ4n) is 1.84. The fourth-order valence-corrected chi connectivity index (χ4v) is 1.99. The van der Waals surface area contributed by atoms with Crippen molar-refractivity contribution in [1.82, 2.24) is 0 Å². The minimum atomic E-state index is -0.665. The van der Waals surface area contributed by atoms with Crippen LogP contribution in [0.15, 0.2) is 30.3 Å². The molecule has 0 bridgehead atoms. The second kappa shape index (κ2) is 5.98. The Morgan fingerprint density at radius 1 is 1.25 bits per heavy atom. The van der Waals surface area contributed by atoms with Gasteiger partial charge in [0.25, 0.3) is 0 Å². The highest BCUT2D eigenvalue weighted by Crippen LogP contribution is 2.35. The van der Waals surface area contributed by atoms with Crippen molar-refractivity contribution in [3.05, 3.63) is 46.7 Å². The summed E-state index contributed by atoms with van der Waals surface area (Å²) in [4.78, 5) is 0. The molecular formula is C14H15ClFN3O. The Balaban J connectivity index is 2.35. The SMILES string of the molecule is COCc1cccc(Nc2c(N)cc(N)c(Cl)c2F)c1. The average Bonchev–Trinajstić information content (AvgIpc) is 2.42. The Morgan fingerprint density at radius 3 is 2.70 bits per heavy atom. The molecule has 0 saturated carbocycles. The largest absolute Gasteiger partial charge is 0.397 e. The molecule has 0 aromatic heterocycles. The van der Waals surface area contributed by atoms with Crippen molar-refractivity contribution in [2.45, 2.75) is 6.61 Å². The molecule has 2 aromatic carbocycles. The Labute approximate surface area is 121 Å². The van der Waals surface area contributed by atoms with Crippen molar-refractivity contribution in [2.75, 3.05) is 23.9 Å². The van der Waals surface area contributed by atoms with Gasteiger partial charge in [-0.05, 0) is 23.8 Å². The number of nitrogens with two attached hydrogens (primary N) is 2. The maximum Gasteiger partial charge on any atom is 0.169 e. The molecule has 6 heteroatoms. The van der Waals surface area contributed by atoms with E-state index in [0.29, 0.717) is 12.3 Å². The number of halogens is 2. The summed E-state index contributed by atoms with van der Waals surface area (Å²) in [5, 5.41) is 2.77. The molecule has 0 aliphatic carbocycles.